The number of hydrogen-bond acceptors (Lipinski definition) is 5. The van der Waals surface area contributed by atoms with Crippen LogP contribution >= 0.6 is 15.9 Å². The largest absolute Gasteiger partial charge is 0.492 e. The van der Waals surface area contributed by atoms with Crippen molar-refractivity contribution in [1.29, 1.82) is 0 Å². The average molecular weight is 295 g/mol. The van der Waals surface area contributed by atoms with Crippen LogP contribution in [-0.4, -0.2) is 16.6 Å². The number of nitrogen functional groups attached to an aromatic ring is 2. The molecule has 6 heteroatoms. The third-order valence-corrected chi connectivity index (χ3v) is 3.60. The SMILES string of the molecule is CC1COc2c1c(Br)cc1nc(N)nc(N)c21. The zero-order chi connectivity index (χ0) is 12.2. The van der Waals surface area contributed by atoms with Gasteiger partial charge in [0.1, 0.15) is 11.6 Å². The van der Waals surface area contributed by atoms with Gasteiger partial charge in [0.05, 0.1) is 17.5 Å². The highest BCUT2D eigenvalue weighted by Crippen LogP contribution is 2.45. The standard InChI is InChI=1S/C11H11BrN4O/c1-4-3-17-9-7(4)5(12)2-6-8(9)10(13)16-11(14)15-6/h2,4H,3H2,1H3,(H4,13,14,15,16). The molecule has 1 unspecified atom stereocenters. The summed E-state index contributed by atoms with van der Waals surface area (Å²) >= 11 is 3.54. The lowest BCUT2D eigenvalue weighted by Crippen LogP contribution is -2.01. The van der Waals surface area contributed by atoms with Gasteiger partial charge in [-0.3, -0.25) is 0 Å². The van der Waals surface area contributed by atoms with Crippen LogP contribution in [-0.2, 0) is 0 Å². The smallest absolute Gasteiger partial charge is 0.222 e. The van der Waals surface area contributed by atoms with Gasteiger partial charge in [0.2, 0.25) is 5.95 Å². The van der Waals surface area contributed by atoms with Crippen LogP contribution in [0.4, 0.5) is 11.8 Å². The van der Waals surface area contributed by atoms with Crippen LogP contribution < -0.4 is 16.2 Å². The molecule has 1 aliphatic rings. The molecule has 1 aliphatic heterocycles. The van der Waals surface area contributed by atoms with E-state index in [4.69, 9.17) is 16.2 Å². The first kappa shape index (κ1) is 10.6. The van der Waals surface area contributed by atoms with Crippen molar-refractivity contribution in [3.8, 4) is 5.75 Å². The average Bonchev–Trinajstić information content (AvgIpc) is 2.59. The van der Waals surface area contributed by atoms with E-state index in [9.17, 15) is 0 Å². The van der Waals surface area contributed by atoms with Gasteiger partial charge in [0.25, 0.3) is 0 Å². The van der Waals surface area contributed by atoms with Crippen molar-refractivity contribution in [1.82, 2.24) is 9.97 Å². The summed E-state index contributed by atoms with van der Waals surface area (Å²) in [6.07, 6.45) is 0. The van der Waals surface area contributed by atoms with Crippen LogP contribution in [0.5, 0.6) is 5.75 Å². The van der Waals surface area contributed by atoms with E-state index in [2.05, 4.69) is 32.8 Å². The predicted octanol–water partition coefficient (Wildman–Crippen LogP) is 2.05. The highest BCUT2D eigenvalue weighted by Gasteiger charge is 2.27. The Balaban J connectivity index is 2.46. The molecular formula is C11H11BrN4O. The van der Waals surface area contributed by atoms with Gasteiger partial charge in [-0.1, -0.05) is 22.9 Å². The number of benzene rings is 1. The summed E-state index contributed by atoms with van der Waals surface area (Å²) < 4.78 is 6.67. The Morgan fingerprint density at radius 2 is 2.18 bits per heavy atom. The monoisotopic (exact) mass is 294 g/mol. The van der Waals surface area contributed by atoms with E-state index in [1.165, 1.54) is 0 Å². The molecule has 2 heterocycles. The molecule has 0 spiro atoms. The zero-order valence-corrected chi connectivity index (χ0v) is 10.8. The highest BCUT2D eigenvalue weighted by atomic mass is 79.9. The summed E-state index contributed by atoms with van der Waals surface area (Å²) in [5.41, 5.74) is 13.3. The van der Waals surface area contributed by atoms with Gasteiger partial charge < -0.3 is 16.2 Å². The van der Waals surface area contributed by atoms with E-state index >= 15 is 0 Å². The molecule has 5 nitrogen and oxygen atoms in total. The molecule has 1 aromatic carbocycles. The summed E-state index contributed by atoms with van der Waals surface area (Å²) in [6.45, 7) is 2.76. The summed E-state index contributed by atoms with van der Waals surface area (Å²) in [6, 6.07) is 1.91. The summed E-state index contributed by atoms with van der Waals surface area (Å²) in [5.74, 6) is 1.65. The quantitative estimate of drug-likeness (QED) is 0.776. The molecule has 88 valence electrons. The van der Waals surface area contributed by atoms with Gasteiger partial charge in [0, 0.05) is 16.0 Å². The van der Waals surface area contributed by atoms with Gasteiger partial charge >= 0.3 is 0 Å². The lowest BCUT2D eigenvalue weighted by Gasteiger charge is -2.09. The fraction of sp³-hybridized carbons (Fsp3) is 0.273. The molecular weight excluding hydrogens is 284 g/mol. The van der Waals surface area contributed by atoms with E-state index in [-0.39, 0.29) is 5.95 Å². The first-order chi connectivity index (χ1) is 8.08. The van der Waals surface area contributed by atoms with Gasteiger partial charge in [0.15, 0.2) is 0 Å². The van der Waals surface area contributed by atoms with Crippen molar-refractivity contribution in [3.05, 3.63) is 16.1 Å². The van der Waals surface area contributed by atoms with Gasteiger partial charge in [-0.25, -0.2) is 4.98 Å². The molecule has 0 bridgehead atoms. The minimum atomic E-state index is 0.174. The number of fused-ring (bicyclic) bond motifs is 3. The van der Waals surface area contributed by atoms with Crippen LogP contribution in [0.15, 0.2) is 10.5 Å². The summed E-state index contributed by atoms with van der Waals surface area (Å²) in [4.78, 5) is 8.16. The zero-order valence-electron chi connectivity index (χ0n) is 9.20. The molecule has 17 heavy (non-hydrogen) atoms. The molecule has 0 saturated carbocycles. The number of hydrogen-bond donors (Lipinski definition) is 2. The van der Waals surface area contributed by atoms with Crippen molar-refractivity contribution < 1.29 is 4.74 Å². The van der Waals surface area contributed by atoms with E-state index < -0.39 is 0 Å². The predicted molar refractivity (Wildman–Crippen MR) is 70.0 cm³/mol. The summed E-state index contributed by atoms with van der Waals surface area (Å²) in [7, 11) is 0. The maximum Gasteiger partial charge on any atom is 0.222 e. The number of anilines is 2. The molecule has 2 aromatic rings. The van der Waals surface area contributed by atoms with E-state index in [0.717, 1.165) is 21.2 Å². The van der Waals surface area contributed by atoms with Gasteiger partial charge in [-0.15, -0.1) is 0 Å². The highest BCUT2D eigenvalue weighted by molar-refractivity contribution is 9.10. The topological polar surface area (TPSA) is 87.0 Å². The minimum Gasteiger partial charge on any atom is -0.492 e. The van der Waals surface area contributed by atoms with Gasteiger partial charge in [-0.2, -0.15) is 4.98 Å². The lowest BCUT2D eigenvalue weighted by molar-refractivity contribution is 0.340. The van der Waals surface area contributed by atoms with Crippen molar-refractivity contribution in [3.63, 3.8) is 0 Å². The second kappa shape index (κ2) is 3.46. The minimum absolute atomic E-state index is 0.174. The van der Waals surface area contributed by atoms with Crippen molar-refractivity contribution >= 4 is 38.6 Å². The second-order valence-electron chi connectivity index (χ2n) is 4.17. The number of nitrogens with zero attached hydrogens (tertiary/aromatic N) is 2. The molecule has 3 rings (SSSR count). The second-order valence-corrected chi connectivity index (χ2v) is 5.03. The number of nitrogens with two attached hydrogens (primary N) is 2. The molecule has 0 fully saturated rings. The molecule has 4 N–H and O–H groups in total. The number of ether oxygens (including phenoxy) is 1. The Labute approximate surface area is 106 Å². The van der Waals surface area contributed by atoms with Crippen LogP contribution in [0.25, 0.3) is 10.9 Å². The number of halogens is 1. The third kappa shape index (κ3) is 1.44. The Morgan fingerprint density at radius 1 is 1.41 bits per heavy atom. The maximum atomic E-state index is 5.90. The fourth-order valence-corrected chi connectivity index (χ4v) is 2.98. The Hall–Kier alpha value is -1.56. The Kier molecular flexibility index (Phi) is 2.16. The number of aromatic nitrogens is 2. The van der Waals surface area contributed by atoms with Crippen LogP contribution in [0.1, 0.15) is 18.4 Å². The van der Waals surface area contributed by atoms with Crippen LogP contribution in [0, 0.1) is 0 Å². The Bertz CT molecular complexity index is 629. The van der Waals surface area contributed by atoms with Gasteiger partial charge in [-0.05, 0) is 6.07 Å². The third-order valence-electron chi connectivity index (χ3n) is 2.95. The normalized spacial score (nSPS) is 18.1. The fourth-order valence-electron chi connectivity index (χ4n) is 2.19. The molecule has 0 aliphatic carbocycles. The van der Waals surface area contributed by atoms with Crippen molar-refractivity contribution in [2.45, 2.75) is 12.8 Å². The summed E-state index contributed by atoms with van der Waals surface area (Å²) in [5, 5.41) is 0.752. The molecule has 0 radical (unpaired) electrons. The van der Waals surface area contributed by atoms with Crippen molar-refractivity contribution in [2.24, 2.45) is 0 Å². The van der Waals surface area contributed by atoms with Crippen LogP contribution in [0.3, 0.4) is 0 Å². The van der Waals surface area contributed by atoms with E-state index in [1.807, 2.05) is 6.07 Å². The molecule has 0 amide bonds. The maximum absolute atomic E-state index is 5.90. The van der Waals surface area contributed by atoms with Crippen LogP contribution in [0.2, 0.25) is 0 Å². The van der Waals surface area contributed by atoms with E-state index in [1.54, 1.807) is 0 Å². The first-order valence-electron chi connectivity index (χ1n) is 5.26. The lowest BCUT2D eigenvalue weighted by atomic mass is 10.0. The molecule has 0 saturated heterocycles. The molecule has 1 atom stereocenters. The molecule has 1 aromatic heterocycles. The van der Waals surface area contributed by atoms with E-state index in [0.29, 0.717) is 23.9 Å². The van der Waals surface area contributed by atoms with Crippen molar-refractivity contribution in [2.75, 3.05) is 18.1 Å². The number of rotatable bonds is 0. The Morgan fingerprint density at radius 3 is 2.94 bits per heavy atom. The first-order valence-corrected chi connectivity index (χ1v) is 6.05.